The second-order valence-corrected chi connectivity index (χ2v) is 7.39. The van der Waals surface area contributed by atoms with E-state index in [0.717, 1.165) is 57.8 Å². The number of carbonyl (C=O) groups is 1. The molecule has 3 aliphatic rings. The quantitative estimate of drug-likeness (QED) is 0.921. The first-order valence-electron chi connectivity index (χ1n) is 9.44. The van der Waals surface area contributed by atoms with Crippen molar-refractivity contribution in [1.82, 2.24) is 19.8 Å². The van der Waals surface area contributed by atoms with Crippen LogP contribution in [0.15, 0.2) is 6.20 Å². The highest BCUT2D eigenvalue weighted by atomic mass is 16.5. The van der Waals surface area contributed by atoms with E-state index >= 15 is 0 Å². The number of rotatable bonds is 3. The predicted molar refractivity (Wildman–Crippen MR) is 90.9 cm³/mol. The van der Waals surface area contributed by atoms with Crippen LogP contribution in [0.3, 0.4) is 0 Å². The van der Waals surface area contributed by atoms with Crippen LogP contribution in [0, 0.1) is 0 Å². The first-order chi connectivity index (χ1) is 11.7. The lowest BCUT2D eigenvalue weighted by Crippen LogP contribution is -2.46. The summed E-state index contributed by atoms with van der Waals surface area (Å²) in [6, 6.07) is 1.18. The third kappa shape index (κ3) is 3.09. The van der Waals surface area contributed by atoms with Gasteiger partial charge in [-0.2, -0.15) is 0 Å². The van der Waals surface area contributed by atoms with Crippen molar-refractivity contribution in [2.45, 2.75) is 70.1 Å². The van der Waals surface area contributed by atoms with Crippen molar-refractivity contribution < 1.29 is 9.53 Å². The summed E-state index contributed by atoms with van der Waals surface area (Å²) in [6.45, 7) is 5.88. The molecule has 1 atom stereocenters. The fourth-order valence-corrected chi connectivity index (χ4v) is 4.46. The summed E-state index contributed by atoms with van der Waals surface area (Å²) in [5.41, 5.74) is 0.581. The first-order valence-corrected chi connectivity index (χ1v) is 9.44. The molecule has 6 nitrogen and oxygen atoms in total. The Hall–Kier alpha value is -1.40. The molecule has 1 unspecified atom stereocenters. The Labute approximate surface area is 143 Å². The van der Waals surface area contributed by atoms with E-state index in [1.54, 1.807) is 0 Å². The molecule has 1 saturated heterocycles. The molecule has 1 saturated carbocycles. The molecule has 1 amide bonds. The Morgan fingerprint density at radius 3 is 2.71 bits per heavy atom. The number of hydrogen-bond donors (Lipinski definition) is 1. The standard InChI is InChI=1S/C18H28N4O2/c1-13-17-20-16(18(23)19-14-4-2-3-5-14)12-21(17)8-9-22(13)15-6-10-24-11-7-15/h12-15H,2-11H2,1H3,(H,19,23). The minimum absolute atomic E-state index is 0.00591. The van der Waals surface area contributed by atoms with Crippen molar-refractivity contribution in [3.8, 4) is 0 Å². The Kier molecular flexibility index (Phi) is 4.59. The van der Waals surface area contributed by atoms with Gasteiger partial charge in [0.05, 0.1) is 6.04 Å². The molecule has 0 radical (unpaired) electrons. The largest absolute Gasteiger partial charge is 0.381 e. The zero-order valence-corrected chi connectivity index (χ0v) is 14.5. The zero-order valence-electron chi connectivity index (χ0n) is 14.5. The molecule has 24 heavy (non-hydrogen) atoms. The van der Waals surface area contributed by atoms with Gasteiger partial charge in [0, 0.05) is 44.6 Å². The monoisotopic (exact) mass is 332 g/mol. The number of ether oxygens (including phenoxy) is 1. The van der Waals surface area contributed by atoms with E-state index in [4.69, 9.17) is 9.72 Å². The minimum Gasteiger partial charge on any atom is -0.381 e. The van der Waals surface area contributed by atoms with Crippen molar-refractivity contribution in [2.75, 3.05) is 19.8 Å². The average molecular weight is 332 g/mol. The highest BCUT2D eigenvalue weighted by molar-refractivity contribution is 5.92. The van der Waals surface area contributed by atoms with Gasteiger partial charge in [-0.05, 0) is 32.6 Å². The van der Waals surface area contributed by atoms with Crippen molar-refractivity contribution >= 4 is 5.91 Å². The van der Waals surface area contributed by atoms with E-state index in [-0.39, 0.29) is 11.9 Å². The van der Waals surface area contributed by atoms with Crippen molar-refractivity contribution in [3.63, 3.8) is 0 Å². The minimum atomic E-state index is -0.00591. The van der Waals surface area contributed by atoms with Crippen LogP contribution >= 0.6 is 0 Å². The molecule has 6 heteroatoms. The molecule has 0 bridgehead atoms. The van der Waals surface area contributed by atoms with Crippen LogP contribution in [0.4, 0.5) is 0 Å². The Balaban J connectivity index is 1.47. The third-order valence-electron chi connectivity index (χ3n) is 5.86. The fraction of sp³-hybridized carbons (Fsp3) is 0.778. The summed E-state index contributed by atoms with van der Waals surface area (Å²) in [7, 11) is 0. The molecule has 0 aromatic carbocycles. The van der Waals surface area contributed by atoms with Gasteiger partial charge in [-0.3, -0.25) is 9.69 Å². The molecule has 0 spiro atoms. The molecular weight excluding hydrogens is 304 g/mol. The average Bonchev–Trinajstić information content (AvgIpc) is 3.25. The third-order valence-corrected chi connectivity index (χ3v) is 5.86. The van der Waals surface area contributed by atoms with Gasteiger partial charge in [-0.25, -0.2) is 4.98 Å². The normalized spacial score (nSPS) is 26.5. The predicted octanol–water partition coefficient (Wildman–Crippen LogP) is 2.11. The molecule has 3 heterocycles. The topological polar surface area (TPSA) is 59.4 Å². The van der Waals surface area contributed by atoms with Crippen molar-refractivity contribution in [2.24, 2.45) is 0 Å². The fourth-order valence-electron chi connectivity index (χ4n) is 4.46. The van der Waals surface area contributed by atoms with Gasteiger partial charge in [0.25, 0.3) is 5.91 Å². The number of aromatic nitrogens is 2. The molecule has 1 aromatic rings. The number of fused-ring (bicyclic) bond motifs is 1. The molecule has 2 fully saturated rings. The van der Waals surface area contributed by atoms with Crippen LogP contribution in [-0.2, 0) is 11.3 Å². The molecule has 1 N–H and O–H groups in total. The number of imidazole rings is 1. The SMILES string of the molecule is CC1c2nc(C(=O)NC3CCCC3)cn2CCN1C1CCOCC1. The van der Waals surface area contributed by atoms with E-state index < -0.39 is 0 Å². The molecule has 4 rings (SSSR count). The van der Waals surface area contributed by atoms with Gasteiger partial charge in [-0.1, -0.05) is 12.8 Å². The Morgan fingerprint density at radius 1 is 1.21 bits per heavy atom. The molecule has 132 valence electrons. The van der Waals surface area contributed by atoms with Gasteiger partial charge < -0.3 is 14.6 Å². The van der Waals surface area contributed by atoms with Gasteiger partial charge in [0.1, 0.15) is 11.5 Å². The van der Waals surface area contributed by atoms with E-state index in [1.807, 2.05) is 6.20 Å². The molecule has 1 aliphatic carbocycles. The van der Waals surface area contributed by atoms with Crippen LogP contribution in [0.1, 0.15) is 67.8 Å². The number of nitrogens with zero attached hydrogens (tertiary/aromatic N) is 3. The summed E-state index contributed by atoms with van der Waals surface area (Å²) >= 11 is 0. The Morgan fingerprint density at radius 2 is 1.96 bits per heavy atom. The van der Waals surface area contributed by atoms with Crippen LogP contribution < -0.4 is 5.32 Å². The van der Waals surface area contributed by atoms with Crippen LogP contribution in [-0.4, -0.2) is 52.2 Å². The van der Waals surface area contributed by atoms with E-state index in [2.05, 4.69) is 21.7 Å². The number of hydrogen-bond acceptors (Lipinski definition) is 4. The van der Waals surface area contributed by atoms with Gasteiger partial charge in [0.15, 0.2) is 0 Å². The zero-order chi connectivity index (χ0) is 16.5. The maximum Gasteiger partial charge on any atom is 0.271 e. The summed E-state index contributed by atoms with van der Waals surface area (Å²) in [5.74, 6) is 1.03. The maximum atomic E-state index is 12.5. The lowest BCUT2D eigenvalue weighted by Gasteiger charge is -2.41. The summed E-state index contributed by atoms with van der Waals surface area (Å²) < 4.78 is 7.66. The summed E-state index contributed by atoms with van der Waals surface area (Å²) in [5, 5.41) is 3.15. The summed E-state index contributed by atoms with van der Waals surface area (Å²) in [6.07, 6.45) is 8.79. The number of carbonyl (C=O) groups excluding carboxylic acids is 1. The molecular formula is C18H28N4O2. The first kappa shape index (κ1) is 16.1. The van der Waals surface area contributed by atoms with E-state index in [9.17, 15) is 4.79 Å². The second-order valence-electron chi connectivity index (χ2n) is 7.39. The highest BCUT2D eigenvalue weighted by Gasteiger charge is 2.33. The highest BCUT2D eigenvalue weighted by Crippen LogP contribution is 2.30. The lowest BCUT2D eigenvalue weighted by atomic mass is 10.0. The summed E-state index contributed by atoms with van der Waals surface area (Å²) in [4.78, 5) is 19.7. The second kappa shape index (κ2) is 6.84. The maximum absolute atomic E-state index is 12.5. The van der Waals surface area contributed by atoms with Gasteiger partial charge in [-0.15, -0.1) is 0 Å². The van der Waals surface area contributed by atoms with Crippen LogP contribution in [0.5, 0.6) is 0 Å². The van der Waals surface area contributed by atoms with E-state index in [1.165, 1.54) is 12.8 Å². The number of nitrogens with one attached hydrogen (secondary N) is 1. The lowest BCUT2D eigenvalue weighted by molar-refractivity contribution is 0.00897. The van der Waals surface area contributed by atoms with E-state index in [0.29, 0.717) is 17.8 Å². The van der Waals surface area contributed by atoms with Gasteiger partial charge >= 0.3 is 0 Å². The van der Waals surface area contributed by atoms with Crippen molar-refractivity contribution in [3.05, 3.63) is 17.7 Å². The van der Waals surface area contributed by atoms with Crippen LogP contribution in [0.25, 0.3) is 0 Å². The van der Waals surface area contributed by atoms with Gasteiger partial charge in [0.2, 0.25) is 0 Å². The molecule has 1 aromatic heterocycles. The smallest absolute Gasteiger partial charge is 0.271 e. The number of amides is 1. The van der Waals surface area contributed by atoms with Crippen LogP contribution in [0.2, 0.25) is 0 Å². The molecule has 2 aliphatic heterocycles. The van der Waals surface area contributed by atoms with Crippen molar-refractivity contribution in [1.29, 1.82) is 0 Å². The Bertz CT molecular complexity index is 588.